The smallest absolute Gasteiger partial charge is 0.272 e. The fraction of sp³-hybridized carbons (Fsp3) is 0.0833. The number of benzene rings is 5. The maximum Gasteiger partial charge on any atom is 0.272 e. The van der Waals surface area contributed by atoms with Crippen molar-refractivity contribution in [3.05, 3.63) is 137 Å². The lowest BCUT2D eigenvalue weighted by Crippen LogP contribution is -2.30. The second-order valence-corrected chi connectivity index (χ2v) is 11.9. The number of hydrogen-bond donors (Lipinski definition) is 3. The molecule has 1 unspecified atom stereocenters. The van der Waals surface area contributed by atoms with E-state index in [9.17, 15) is 14.4 Å². The van der Waals surface area contributed by atoms with Gasteiger partial charge in [-0.25, -0.2) is 0 Å². The summed E-state index contributed by atoms with van der Waals surface area (Å²) in [5.41, 5.74) is 2.35. The molecule has 3 amide bonds. The zero-order chi connectivity index (χ0) is 31.8. The molecule has 0 saturated carbocycles. The molecule has 0 bridgehead atoms. The van der Waals surface area contributed by atoms with Crippen LogP contribution in [0.1, 0.15) is 22.8 Å². The molecule has 0 aliphatic carbocycles. The molecule has 0 aromatic heterocycles. The zero-order valence-corrected chi connectivity index (χ0v) is 26.1. The predicted molar refractivity (Wildman–Crippen MR) is 183 cm³/mol. The number of carbonyl (C=O) groups excluding carboxylic acids is 3. The minimum Gasteiger partial charge on any atom is -0.495 e. The molecule has 5 aromatic rings. The standard InChI is InChI=1S/C36H30ClN3O4S/c1-23(34(41)39-31-22-27(37)15-20-33(31)44-2)45-29-18-16-28(17-19-29)38-36(43)32(40-35(42)25-10-4-3-5-11-25)21-26-13-8-12-24-9-6-7-14-30(24)26/h3-23H,1-2H3,(H,38,43)(H,39,41)(H,40,42)/b32-21-. The van der Waals surface area contributed by atoms with E-state index in [0.29, 0.717) is 27.7 Å². The molecule has 1 atom stereocenters. The Morgan fingerprint density at radius 1 is 0.822 bits per heavy atom. The summed E-state index contributed by atoms with van der Waals surface area (Å²) in [4.78, 5) is 40.3. The van der Waals surface area contributed by atoms with E-state index in [1.54, 1.807) is 67.6 Å². The monoisotopic (exact) mass is 635 g/mol. The number of carbonyl (C=O) groups is 3. The van der Waals surface area contributed by atoms with Crippen LogP contribution in [-0.4, -0.2) is 30.1 Å². The Labute approximate surface area is 270 Å². The lowest BCUT2D eigenvalue weighted by molar-refractivity contribution is -0.115. The average Bonchev–Trinajstić information content (AvgIpc) is 3.06. The Kier molecular flexibility index (Phi) is 10.2. The Balaban J connectivity index is 1.30. The Hall–Kier alpha value is -5.05. The minimum atomic E-state index is -0.476. The third kappa shape index (κ3) is 8.12. The van der Waals surface area contributed by atoms with Crippen molar-refractivity contribution in [2.75, 3.05) is 17.7 Å². The molecule has 0 aliphatic rings. The molecular formula is C36H30ClN3O4S. The quantitative estimate of drug-likeness (QED) is 0.107. The van der Waals surface area contributed by atoms with Crippen LogP contribution in [0.5, 0.6) is 5.75 Å². The van der Waals surface area contributed by atoms with Crippen LogP contribution in [0.15, 0.2) is 126 Å². The van der Waals surface area contributed by atoms with Gasteiger partial charge >= 0.3 is 0 Å². The average molecular weight is 636 g/mol. The van der Waals surface area contributed by atoms with E-state index >= 15 is 0 Å². The van der Waals surface area contributed by atoms with Crippen LogP contribution >= 0.6 is 23.4 Å². The number of methoxy groups -OCH3 is 1. The maximum atomic E-state index is 13.5. The first kappa shape index (κ1) is 31.4. The minimum absolute atomic E-state index is 0.0976. The van der Waals surface area contributed by atoms with Crippen LogP contribution in [0.3, 0.4) is 0 Å². The van der Waals surface area contributed by atoms with Crippen molar-refractivity contribution in [1.82, 2.24) is 5.32 Å². The summed E-state index contributed by atoms with van der Waals surface area (Å²) in [5.74, 6) is -0.573. The number of nitrogens with one attached hydrogen (secondary N) is 3. The van der Waals surface area contributed by atoms with Crippen LogP contribution in [0.4, 0.5) is 11.4 Å². The summed E-state index contributed by atoms with van der Waals surface area (Å²) in [6.07, 6.45) is 1.68. The number of rotatable bonds is 10. The molecule has 226 valence electrons. The third-order valence-electron chi connectivity index (χ3n) is 6.87. The second kappa shape index (κ2) is 14.6. The molecule has 45 heavy (non-hydrogen) atoms. The number of thioether (sulfide) groups is 1. The fourth-order valence-electron chi connectivity index (χ4n) is 4.56. The van der Waals surface area contributed by atoms with Crippen LogP contribution in [-0.2, 0) is 9.59 Å². The van der Waals surface area contributed by atoms with Gasteiger partial charge in [-0.05, 0) is 83.9 Å². The van der Waals surface area contributed by atoms with Gasteiger partial charge in [0.1, 0.15) is 11.4 Å². The van der Waals surface area contributed by atoms with E-state index in [1.807, 2.05) is 60.7 Å². The predicted octanol–water partition coefficient (Wildman–Crippen LogP) is 8.03. The summed E-state index contributed by atoms with van der Waals surface area (Å²) in [7, 11) is 1.52. The van der Waals surface area contributed by atoms with Gasteiger partial charge in [0, 0.05) is 21.2 Å². The van der Waals surface area contributed by atoms with Crippen molar-refractivity contribution in [1.29, 1.82) is 0 Å². The van der Waals surface area contributed by atoms with E-state index in [2.05, 4.69) is 16.0 Å². The molecule has 0 saturated heterocycles. The highest BCUT2D eigenvalue weighted by Gasteiger charge is 2.18. The van der Waals surface area contributed by atoms with Gasteiger partial charge in [-0.3, -0.25) is 14.4 Å². The highest BCUT2D eigenvalue weighted by Crippen LogP contribution is 2.30. The van der Waals surface area contributed by atoms with E-state index in [1.165, 1.54) is 18.9 Å². The molecule has 7 nitrogen and oxygen atoms in total. The fourth-order valence-corrected chi connectivity index (χ4v) is 5.60. The number of ether oxygens (including phenoxy) is 1. The molecule has 0 fully saturated rings. The number of amides is 3. The highest BCUT2D eigenvalue weighted by atomic mass is 35.5. The second-order valence-electron chi connectivity index (χ2n) is 10.0. The molecule has 5 aromatic carbocycles. The van der Waals surface area contributed by atoms with Gasteiger partial charge in [-0.1, -0.05) is 72.3 Å². The highest BCUT2D eigenvalue weighted by molar-refractivity contribution is 8.00. The van der Waals surface area contributed by atoms with Crippen LogP contribution < -0.4 is 20.7 Å². The zero-order valence-electron chi connectivity index (χ0n) is 24.5. The van der Waals surface area contributed by atoms with Crippen LogP contribution in [0.2, 0.25) is 5.02 Å². The molecular weight excluding hydrogens is 606 g/mol. The molecule has 0 aliphatic heterocycles. The van der Waals surface area contributed by atoms with Gasteiger partial charge in [-0.2, -0.15) is 0 Å². The first-order chi connectivity index (χ1) is 21.8. The van der Waals surface area contributed by atoms with Crippen molar-refractivity contribution >= 4 is 69.3 Å². The molecule has 3 N–H and O–H groups in total. The van der Waals surface area contributed by atoms with Gasteiger partial charge in [0.15, 0.2) is 0 Å². The lowest BCUT2D eigenvalue weighted by Gasteiger charge is -2.15. The molecule has 5 rings (SSSR count). The van der Waals surface area contributed by atoms with Crippen molar-refractivity contribution in [3.8, 4) is 5.75 Å². The summed E-state index contributed by atoms with van der Waals surface area (Å²) < 4.78 is 5.31. The Morgan fingerprint density at radius 2 is 1.53 bits per heavy atom. The van der Waals surface area contributed by atoms with Gasteiger partial charge in [0.2, 0.25) is 5.91 Å². The summed E-state index contributed by atoms with van der Waals surface area (Å²) in [6.45, 7) is 1.80. The SMILES string of the molecule is COc1ccc(Cl)cc1NC(=O)C(C)Sc1ccc(NC(=O)/C(=C/c2cccc3ccccc23)NC(=O)c2ccccc2)cc1. The number of halogens is 1. The van der Waals surface area contributed by atoms with Crippen molar-refractivity contribution in [2.45, 2.75) is 17.1 Å². The van der Waals surface area contributed by atoms with Crippen molar-refractivity contribution < 1.29 is 19.1 Å². The third-order valence-corrected chi connectivity index (χ3v) is 8.21. The number of anilines is 2. The molecule has 0 heterocycles. The van der Waals surface area contributed by atoms with Crippen molar-refractivity contribution in [2.24, 2.45) is 0 Å². The van der Waals surface area contributed by atoms with Gasteiger partial charge in [0.05, 0.1) is 18.0 Å². The first-order valence-corrected chi connectivity index (χ1v) is 15.3. The van der Waals surface area contributed by atoms with Crippen LogP contribution in [0, 0.1) is 0 Å². The summed E-state index contributed by atoms with van der Waals surface area (Å²) in [5, 5.41) is 10.6. The number of hydrogen-bond acceptors (Lipinski definition) is 5. The van der Waals surface area contributed by atoms with Crippen LogP contribution in [0.25, 0.3) is 16.8 Å². The summed E-state index contributed by atoms with van der Waals surface area (Å²) in [6, 6.07) is 34.5. The van der Waals surface area contributed by atoms with E-state index in [4.69, 9.17) is 16.3 Å². The Bertz CT molecular complexity index is 1870. The molecule has 9 heteroatoms. The molecule has 0 radical (unpaired) electrons. The maximum absolute atomic E-state index is 13.5. The number of fused-ring (bicyclic) bond motifs is 1. The van der Waals surface area contributed by atoms with Gasteiger partial charge in [-0.15, -0.1) is 11.8 Å². The van der Waals surface area contributed by atoms with E-state index < -0.39 is 17.1 Å². The van der Waals surface area contributed by atoms with Crippen molar-refractivity contribution in [3.63, 3.8) is 0 Å². The van der Waals surface area contributed by atoms with E-state index in [-0.39, 0.29) is 11.6 Å². The molecule has 0 spiro atoms. The largest absolute Gasteiger partial charge is 0.495 e. The summed E-state index contributed by atoms with van der Waals surface area (Å²) >= 11 is 7.45. The van der Waals surface area contributed by atoms with Gasteiger partial charge in [0.25, 0.3) is 11.8 Å². The Morgan fingerprint density at radius 3 is 2.29 bits per heavy atom. The first-order valence-electron chi connectivity index (χ1n) is 14.1. The topological polar surface area (TPSA) is 96.5 Å². The van der Waals surface area contributed by atoms with E-state index in [0.717, 1.165) is 21.2 Å². The lowest BCUT2D eigenvalue weighted by atomic mass is 10.0. The van der Waals surface area contributed by atoms with Gasteiger partial charge < -0.3 is 20.7 Å². The normalized spacial score (nSPS) is 11.8.